The van der Waals surface area contributed by atoms with Gasteiger partial charge in [-0.3, -0.25) is 4.79 Å². The van der Waals surface area contributed by atoms with Gasteiger partial charge in [0.05, 0.1) is 5.25 Å². The number of sulfone groups is 1. The van der Waals surface area contributed by atoms with Gasteiger partial charge in [-0.05, 0) is 30.5 Å². The van der Waals surface area contributed by atoms with Gasteiger partial charge in [0.25, 0.3) is 0 Å². The molecule has 0 unspecified atom stereocenters. The van der Waals surface area contributed by atoms with E-state index in [1.54, 1.807) is 24.3 Å². The summed E-state index contributed by atoms with van der Waals surface area (Å²) < 4.78 is 29.4. The molecule has 1 fully saturated rings. The van der Waals surface area contributed by atoms with Gasteiger partial charge in [0.1, 0.15) is 5.75 Å². The van der Waals surface area contributed by atoms with Gasteiger partial charge < -0.3 is 15.8 Å². The fourth-order valence-corrected chi connectivity index (χ4v) is 3.84. The lowest BCUT2D eigenvalue weighted by Gasteiger charge is -2.21. The number of carbonyl (C=O) groups is 1. The van der Waals surface area contributed by atoms with Crippen LogP contribution in [-0.4, -0.2) is 38.5 Å². The maximum absolute atomic E-state index is 12.2. The number of hydrogen-bond acceptors (Lipinski definition) is 5. The maximum Gasteiger partial charge on any atom is 0.239 e. The highest BCUT2D eigenvalue weighted by Crippen LogP contribution is 2.17. The van der Waals surface area contributed by atoms with Gasteiger partial charge in [-0.15, -0.1) is 0 Å². The maximum atomic E-state index is 12.2. The molecule has 2 rings (SSSR count). The SMILES string of the molecule is NCc1ccc(NC(=O)CS(=O)(=O)C2CCOCC2)cc1. The number of carbonyl (C=O) groups excluding carboxylic acids is 1. The third-order valence-electron chi connectivity index (χ3n) is 3.48. The van der Waals surface area contributed by atoms with E-state index in [9.17, 15) is 13.2 Å². The number of anilines is 1. The molecule has 1 amide bonds. The number of rotatable bonds is 5. The molecule has 0 aromatic heterocycles. The van der Waals surface area contributed by atoms with E-state index < -0.39 is 26.7 Å². The average molecular weight is 312 g/mol. The third-order valence-corrected chi connectivity index (χ3v) is 5.63. The summed E-state index contributed by atoms with van der Waals surface area (Å²) in [5.41, 5.74) is 7.01. The molecule has 1 aromatic rings. The first-order valence-corrected chi connectivity index (χ1v) is 8.61. The van der Waals surface area contributed by atoms with Crippen molar-refractivity contribution in [3.05, 3.63) is 29.8 Å². The van der Waals surface area contributed by atoms with Crippen LogP contribution in [0.15, 0.2) is 24.3 Å². The lowest BCUT2D eigenvalue weighted by Crippen LogP contribution is -2.34. The molecular formula is C14H20N2O4S. The van der Waals surface area contributed by atoms with Crippen LogP contribution in [0.2, 0.25) is 0 Å². The van der Waals surface area contributed by atoms with E-state index in [2.05, 4.69) is 5.32 Å². The molecule has 1 aliphatic heterocycles. The minimum atomic E-state index is -3.43. The molecule has 1 heterocycles. The highest BCUT2D eigenvalue weighted by Gasteiger charge is 2.29. The summed E-state index contributed by atoms with van der Waals surface area (Å²) >= 11 is 0. The second kappa shape index (κ2) is 7.02. The standard InChI is InChI=1S/C14H20N2O4S/c15-9-11-1-3-12(4-2-11)16-14(17)10-21(18,19)13-5-7-20-8-6-13/h1-4,13H,5-10,15H2,(H,16,17). The van der Waals surface area contributed by atoms with Gasteiger partial charge in [-0.1, -0.05) is 12.1 Å². The van der Waals surface area contributed by atoms with Crippen LogP contribution in [0.3, 0.4) is 0 Å². The fourth-order valence-electron chi connectivity index (χ4n) is 2.26. The molecular weight excluding hydrogens is 292 g/mol. The second-order valence-corrected chi connectivity index (χ2v) is 7.35. The minimum absolute atomic E-state index is 0.423. The first-order chi connectivity index (χ1) is 10.0. The first-order valence-electron chi connectivity index (χ1n) is 6.89. The monoisotopic (exact) mass is 312 g/mol. The molecule has 0 spiro atoms. The van der Waals surface area contributed by atoms with Crippen LogP contribution < -0.4 is 11.1 Å². The minimum Gasteiger partial charge on any atom is -0.381 e. The van der Waals surface area contributed by atoms with Gasteiger partial charge in [-0.25, -0.2) is 8.42 Å². The summed E-state index contributed by atoms with van der Waals surface area (Å²) in [7, 11) is -3.43. The van der Waals surface area contributed by atoms with E-state index in [1.807, 2.05) is 0 Å². The van der Waals surface area contributed by atoms with Crippen molar-refractivity contribution in [3.8, 4) is 0 Å². The Bertz CT molecular complexity index is 577. The highest BCUT2D eigenvalue weighted by molar-refractivity contribution is 7.92. The Morgan fingerprint density at radius 1 is 1.24 bits per heavy atom. The van der Waals surface area contributed by atoms with Crippen molar-refractivity contribution >= 4 is 21.4 Å². The molecule has 6 nitrogen and oxygen atoms in total. The van der Waals surface area contributed by atoms with Crippen LogP contribution in [0.4, 0.5) is 5.69 Å². The van der Waals surface area contributed by atoms with Gasteiger partial charge in [0.2, 0.25) is 5.91 Å². The molecule has 0 aliphatic carbocycles. The Morgan fingerprint density at radius 2 is 1.86 bits per heavy atom. The number of hydrogen-bond donors (Lipinski definition) is 2. The zero-order chi connectivity index (χ0) is 15.3. The number of nitrogens with two attached hydrogens (primary N) is 1. The van der Waals surface area contributed by atoms with E-state index in [1.165, 1.54) is 0 Å². The summed E-state index contributed by atoms with van der Waals surface area (Å²) in [4.78, 5) is 11.9. The van der Waals surface area contributed by atoms with Gasteiger partial charge in [0, 0.05) is 25.4 Å². The van der Waals surface area contributed by atoms with Crippen molar-refractivity contribution in [1.29, 1.82) is 0 Å². The Kier molecular flexibility index (Phi) is 5.33. The van der Waals surface area contributed by atoms with Crippen LogP contribution in [-0.2, 0) is 25.9 Å². The Labute approximate surface area is 124 Å². The summed E-state index contributed by atoms with van der Waals surface area (Å²) in [6.07, 6.45) is 0.918. The van der Waals surface area contributed by atoms with Crippen LogP contribution in [0, 0.1) is 0 Å². The molecule has 116 valence electrons. The predicted molar refractivity (Wildman–Crippen MR) is 80.6 cm³/mol. The first kappa shape index (κ1) is 15.9. The summed E-state index contributed by atoms with van der Waals surface area (Å²) in [6.45, 7) is 1.30. The molecule has 0 saturated carbocycles. The van der Waals surface area contributed by atoms with E-state index >= 15 is 0 Å². The fraction of sp³-hybridized carbons (Fsp3) is 0.500. The van der Waals surface area contributed by atoms with Crippen LogP contribution >= 0.6 is 0 Å². The van der Waals surface area contributed by atoms with Gasteiger partial charge in [0.15, 0.2) is 9.84 Å². The van der Waals surface area contributed by atoms with Crippen LogP contribution in [0.5, 0.6) is 0 Å². The lowest BCUT2D eigenvalue weighted by molar-refractivity contribution is -0.113. The zero-order valence-electron chi connectivity index (χ0n) is 11.7. The molecule has 21 heavy (non-hydrogen) atoms. The molecule has 1 saturated heterocycles. The predicted octanol–water partition coefficient (Wildman–Crippen LogP) is 0.678. The zero-order valence-corrected chi connectivity index (χ0v) is 12.6. The number of ether oxygens (including phenoxy) is 1. The van der Waals surface area contributed by atoms with Crippen molar-refractivity contribution in [3.63, 3.8) is 0 Å². The lowest BCUT2D eigenvalue weighted by atomic mass is 10.2. The Morgan fingerprint density at radius 3 is 2.43 bits per heavy atom. The molecule has 7 heteroatoms. The van der Waals surface area contributed by atoms with Crippen molar-refractivity contribution in [2.75, 3.05) is 24.3 Å². The smallest absolute Gasteiger partial charge is 0.239 e. The number of benzene rings is 1. The van der Waals surface area contributed by atoms with Crippen molar-refractivity contribution < 1.29 is 17.9 Å². The Balaban J connectivity index is 1.93. The quantitative estimate of drug-likeness (QED) is 0.833. The van der Waals surface area contributed by atoms with Crippen molar-refractivity contribution in [1.82, 2.24) is 0 Å². The topological polar surface area (TPSA) is 98.5 Å². The summed E-state index contributed by atoms with van der Waals surface area (Å²) in [5.74, 6) is -1.00. The van der Waals surface area contributed by atoms with E-state index in [0.717, 1.165) is 5.56 Å². The van der Waals surface area contributed by atoms with Crippen molar-refractivity contribution in [2.24, 2.45) is 5.73 Å². The molecule has 0 bridgehead atoms. The molecule has 3 N–H and O–H groups in total. The summed E-state index contributed by atoms with van der Waals surface area (Å²) in [5, 5.41) is 2.12. The molecule has 0 radical (unpaired) electrons. The Hall–Kier alpha value is -1.44. The normalized spacial score (nSPS) is 16.6. The van der Waals surface area contributed by atoms with E-state index in [4.69, 9.17) is 10.5 Å². The third kappa shape index (κ3) is 4.52. The van der Waals surface area contributed by atoms with Gasteiger partial charge in [-0.2, -0.15) is 0 Å². The van der Waals surface area contributed by atoms with Crippen molar-refractivity contribution in [2.45, 2.75) is 24.6 Å². The highest BCUT2D eigenvalue weighted by atomic mass is 32.2. The number of nitrogens with one attached hydrogen (secondary N) is 1. The summed E-state index contributed by atoms with van der Waals surface area (Å²) in [6, 6.07) is 7.01. The van der Waals surface area contributed by atoms with E-state index in [-0.39, 0.29) is 0 Å². The largest absolute Gasteiger partial charge is 0.381 e. The molecule has 0 atom stereocenters. The van der Waals surface area contributed by atoms with E-state index in [0.29, 0.717) is 38.3 Å². The van der Waals surface area contributed by atoms with Crippen LogP contribution in [0.25, 0.3) is 0 Å². The van der Waals surface area contributed by atoms with Gasteiger partial charge >= 0.3 is 0 Å². The van der Waals surface area contributed by atoms with Crippen LogP contribution in [0.1, 0.15) is 18.4 Å². The second-order valence-electron chi connectivity index (χ2n) is 5.07. The average Bonchev–Trinajstić information content (AvgIpc) is 2.48. The number of amides is 1. The molecule has 1 aliphatic rings. The molecule has 1 aromatic carbocycles.